The van der Waals surface area contributed by atoms with Crippen molar-refractivity contribution in [1.29, 1.82) is 0 Å². The highest BCUT2D eigenvalue weighted by atomic mass is 15.2. The Hall–Kier alpha value is -1.94. The molecule has 2 aromatic heterocycles. The Bertz CT molecular complexity index is 603. The van der Waals surface area contributed by atoms with Gasteiger partial charge in [0.1, 0.15) is 5.82 Å². The second-order valence-electron chi connectivity index (χ2n) is 5.32. The van der Waals surface area contributed by atoms with E-state index in [1.54, 1.807) is 0 Å². The lowest BCUT2D eigenvalue weighted by Gasteiger charge is -2.28. The molecule has 1 N–H and O–H groups in total. The van der Waals surface area contributed by atoms with E-state index in [9.17, 15) is 0 Å². The molecule has 1 fully saturated rings. The number of anilines is 1. The Morgan fingerprint density at radius 3 is 2.65 bits per heavy atom. The quantitative estimate of drug-likeness (QED) is 0.906. The lowest BCUT2D eigenvalue weighted by molar-refractivity contribution is 0.585. The van der Waals surface area contributed by atoms with E-state index in [4.69, 9.17) is 0 Å². The normalized spacial score (nSPS) is 15.4. The van der Waals surface area contributed by atoms with Gasteiger partial charge < -0.3 is 10.2 Å². The predicted molar refractivity (Wildman–Crippen MR) is 82.0 cm³/mol. The van der Waals surface area contributed by atoms with E-state index in [-0.39, 0.29) is 0 Å². The fourth-order valence-electron chi connectivity index (χ4n) is 2.65. The van der Waals surface area contributed by atoms with Gasteiger partial charge in [0.15, 0.2) is 0 Å². The summed E-state index contributed by atoms with van der Waals surface area (Å²) in [5.41, 5.74) is 4.60. The van der Waals surface area contributed by atoms with Crippen LogP contribution in [-0.2, 0) is 0 Å². The van der Waals surface area contributed by atoms with Crippen molar-refractivity contribution in [3.63, 3.8) is 0 Å². The summed E-state index contributed by atoms with van der Waals surface area (Å²) in [6, 6.07) is 6.36. The van der Waals surface area contributed by atoms with E-state index in [0.29, 0.717) is 0 Å². The van der Waals surface area contributed by atoms with Gasteiger partial charge in [0, 0.05) is 44.1 Å². The molecule has 3 rings (SSSR count). The summed E-state index contributed by atoms with van der Waals surface area (Å²) >= 11 is 0. The van der Waals surface area contributed by atoms with Crippen LogP contribution in [0.15, 0.2) is 30.6 Å². The first-order valence-electron chi connectivity index (χ1n) is 7.09. The topological polar surface area (TPSA) is 41.1 Å². The molecule has 4 heteroatoms. The molecule has 0 amide bonds. The van der Waals surface area contributed by atoms with Gasteiger partial charge in [0.2, 0.25) is 0 Å². The number of nitrogens with zero attached hydrogens (tertiary/aromatic N) is 3. The first-order chi connectivity index (χ1) is 9.74. The van der Waals surface area contributed by atoms with Gasteiger partial charge in [-0.1, -0.05) is 6.07 Å². The maximum Gasteiger partial charge on any atom is 0.129 e. The highest BCUT2D eigenvalue weighted by molar-refractivity contribution is 5.66. The highest BCUT2D eigenvalue weighted by Crippen LogP contribution is 2.24. The maximum absolute atomic E-state index is 4.58. The standard InChI is InChI=1S/C16H20N4/c1-12-9-13(2)16(19-11-12)14-3-4-18-15(10-14)20-7-5-17-6-8-20/h3-4,9-11,17H,5-8H2,1-2H3. The maximum atomic E-state index is 4.58. The van der Waals surface area contributed by atoms with E-state index in [0.717, 1.165) is 43.3 Å². The first kappa shape index (κ1) is 13.1. The van der Waals surface area contributed by atoms with Crippen molar-refractivity contribution in [3.05, 3.63) is 41.7 Å². The molecule has 0 atom stereocenters. The zero-order valence-electron chi connectivity index (χ0n) is 12.1. The molecular formula is C16H20N4. The fourth-order valence-corrected chi connectivity index (χ4v) is 2.65. The van der Waals surface area contributed by atoms with Crippen molar-refractivity contribution in [2.24, 2.45) is 0 Å². The zero-order valence-corrected chi connectivity index (χ0v) is 12.1. The third-order valence-electron chi connectivity index (χ3n) is 3.67. The number of rotatable bonds is 2. The van der Waals surface area contributed by atoms with Crippen molar-refractivity contribution < 1.29 is 0 Å². The minimum Gasteiger partial charge on any atom is -0.354 e. The molecule has 0 bridgehead atoms. The number of pyridine rings is 2. The van der Waals surface area contributed by atoms with Crippen LogP contribution in [0.25, 0.3) is 11.3 Å². The molecule has 104 valence electrons. The number of piperazine rings is 1. The van der Waals surface area contributed by atoms with Crippen LogP contribution in [-0.4, -0.2) is 36.1 Å². The smallest absolute Gasteiger partial charge is 0.129 e. The van der Waals surface area contributed by atoms with E-state index in [2.05, 4.69) is 46.2 Å². The van der Waals surface area contributed by atoms with Crippen LogP contribution in [0.5, 0.6) is 0 Å². The zero-order chi connectivity index (χ0) is 13.9. The molecule has 20 heavy (non-hydrogen) atoms. The second-order valence-corrected chi connectivity index (χ2v) is 5.32. The van der Waals surface area contributed by atoms with Gasteiger partial charge in [-0.05, 0) is 37.1 Å². The number of aromatic nitrogens is 2. The lowest BCUT2D eigenvalue weighted by Crippen LogP contribution is -2.43. The summed E-state index contributed by atoms with van der Waals surface area (Å²) in [7, 11) is 0. The minimum absolute atomic E-state index is 1.01. The summed E-state index contributed by atoms with van der Waals surface area (Å²) in [4.78, 5) is 11.4. The second kappa shape index (κ2) is 5.59. The van der Waals surface area contributed by atoms with Crippen LogP contribution in [0.2, 0.25) is 0 Å². The van der Waals surface area contributed by atoms with E-state index < -0.39 is 0 Å². The molecule has 1 aliphatic heterocycles. The first-order valence-corrected chi connectivity index (χ1v) is 7.09. The largest absolute Gasteiger partial charge is 0.354 e. The molecule has 0 aliphatic carbocycles. The molecule has 0 radical (unpaired) electrons. The van der Waals surface area contributed by atoms with E-state index in [1.165, 1.54) is 11.1 Å². The van der Waals surface area contributed by atoms with Gasteiger partial charge in [-0.2, -0.15) is 0 Å². The van der Waals surface area contributed by atoms with Gasteiger partial charge in [-0.15, -0.1) is 0 Å². The third-order valence-corrected chi connectivity index (χ3v) is 3.67. The number of aryl methyl sites for hydroxylation is 2. The summed E-state index contributed by atoms with van der Waals surface area (Å²) in [6.45, 7) is 8.25. The number of hydrogen-bond acceptors (Lipinski definition) is 4. The van der Waals surface area contributed by atoms with Crippen LogP contribution < -0.4 is 10.2 Å². The van der Waals surface area contributed by atoms with Crippen molar-refractivity contribution >= 4 is 5.82 Å². The Balaban J connectivity index is 1.94. The van der Waals surface area contributed by atoms with Gasteiger partial charge in [0.25, 0.3) is 0 Å². The number of hydrogen-bond donors (Lipinski definition) is 1. The van der Waals surface area contributed by atoms with E-state index >= 15 is 0 Å². The van der Waals surface area contributed by atoms with Gasteiger partial charge in [0.05, 0.1) is 5.69 Å². The van der Waals surface area contributed by atoms with Crippen LogP contribution >= 0.6 is 0 Å². The Kier molecular flexibility index (Phi) is 3.65. The van der Waals surface area contributed by atoms with Crippen LogP contribution in [0.3, 0.4) is 0 Å². The van der Waals surface area contributed by atoms with Crippen LogP contribution in [0, 0.1) is 13.8 Å². The van der Waals surface area contributed by atoms with Crippen molar-refractivity contribution in [1.82, 2.24) is 15.3 Å². The highest BCUT2D eigenvalue weighted by Gasteiger charge is 2.13. The minimum atomic E-state index is 1.01. The molecule has 3 heterocycles. The van der Waals surface area contributed by atoms with Gasteiger partial charge >= 0.3 is 0 Å². The molecule has 0 spiro atoms. The Morgan fingerprint density at radius 1 is 1.10 bits per heavy atom. The molecule has 4 nitrogen and oxygen atoms in total. The summed E-state index contributed by atoms with van der Waals surface area (Å²) in [5.74, 6) is 1.05. The molecular weight excluding hydrogens is 248 g/mol. The molecule has 0 unspecified atom stereocenters. The molecule has 1 aliphatic rings. The SMILES string of the molecule is Cc1cnc(-c2ccnc(N3CCNCC3)c2)c(C)c1. The molecule has 0 saturated carbocycles. The third kappa shape index (κ3) is 2.65. The average molecular weight is 268 g/mol. The van der Waals surface area contributed by atoms with Crippen molar-refractivity contribution in [2.75, 3.05) is 31.1 Å². The average Bonchev–Trinajstić information content (AvgIpc) is 2.48. The van der Waals surface area contributed by atoms with Crippen molar-refractivity contribution in [3.8, 4) is 11.3 Å². The monoisotopic (exact) mass is 268 g/mol. The van der Waals surface area contributed by atoms with E-state index in [1.807, 2.05) is 18.5 Å². The van der Waals surface area contributed by atoms with Gasteiger partial charge in [-0.25, -0.2) is 4.98 Å². The van der Waals surface area contributed by atoms with Crippen LogP contribution in [0.4, 0.5) is 5.82 Å². The van der Waals surface area contributed by atoms with Crippen LogP contribution in [0.1, 0.15) is 11.1 Å². The Labute approximate surface area is 119 Å². The molecule has 2 aromatic rings. The predicted octanol–water partition coefficient (Wildman–Crippen LogP) is 2.17. The molecule has 0 aromatic carbocycles. The molecule has 1 saturated heterocycles. The summed E-state index contributed by atoms with van der Waals surface area (Å²) in [5, 5.41) is 3.36. The lowest BCUT2D eigenvalue weighted by atomic mass is 10.1. The Morgan fingerprint density at radius 2 is 1.90 bits per heavy atom. The summed E-state index contributed by atoms with van der Waals surface area (Å²) in [6.07, 6.45) is 3.81. The van der Waals surface area contributed by atoms with Gasteiger partial charge in [-0.3, -0.25) is 4.98 Å². The number of nitrogens with one attached hydrogen (secondary N) is 1. The fraction of sp³-hybridized carbons (Fsp3) is 0.375. The van der Waals surface area contributed by atoms with Crippen molar-refractivity contribution in [2.45, 2.75) is 13.8 Å². The summed E-state index contributed by atoms with van der Waals surface area (Å²) < 4.78 is 0.